The van der Waals surface area contributed by atoms with Gasteiger partial charge >= 0.3 is 0 Å². The van der Waals surface area contributed by atoms with Gasteiger partial charge in [-0.05, 0) is 80.0 Å². The first kappa shape index (κ1) is 25.7. The molecule has 7 nitrogen and oxygen atoms in total. The molecule has 1 amide bonds. The Morgan fingerprint density at radius 3 is 2.33 bits per heavy atom. The summed E-state index contributed by atoms with van der Waals surface area (Å²) in [5.74, 6) is 0.344. The number of carbonyl (C=O) groups is 1. The van der Waals surface area contributed by atoms with Gasteiger partial charge in [-0.25, -0.2) is 0 Å². The molecule has 0 unspecified atom stereocenters. The minimum atomic E-state index is -0.0245. The van der Waals surface area contributed by atoms with E-state index in [1.807, 2.05) is 48.5 Å². The van der Waals surface area contributed by atoms with Gasteiger partial charge in [-0.1, -0.05) is 19.9 Å². The van der Waals surface area contributed by atoms with Gasteiger partial charge in [-0.2, -0.15) is 0 Å². The van der Waals surface area contributed by atoms with E-state index in [-0.39, 0.29) is 11.9 Å². The van der Waals surface area contributed by atoms with E-state index in [0.717, 1.165) is 69.0 Å². The number of anilines is 2. The Balaban J connectivity index is 1.25. The molecular weight excluding hydrogens is 450 g/mol. The molecular formula is C29H37N5O2. The molecule has 2 aromatic carbocycles. The molecule has 3 aromatic rings. The topological polar surface area (TPSA) is 80.7 Å². The smallest absolute Gasteiger partial charge is 0.251 e. The molecule has 1 fully saturated rings. The monoisotopic (exact) mass is 487 g/mol. The fourth-order valence-corrected chi connectivity index (χ4v) is 4.62. The van der Waals surface area contributed by atoms with E-state index in [9.17, 15) is 9.90 Å². The number of aromatic nitrogens is 1. The van der Waals surface area contributed by atoms with E-state index in [2.05, 4.69) is 45.3 Å². The molecule has 1 aliphatic heterocycles. The molecule has 2 heterocycles. The zero-order chi connectivity index (χ0) is 25.3. The molecule has 0 aliphatic carbocycles. The number of hydrogen-bond donors (Lipinski definition) is 3. The Morgan fingerprint density at radius 1 is 1.00 bits per heavy atom. The second-order valence-corrected chi connectivity index (χ2v) is 9.39. The third-order valence-corrected chi connectivity index (χ3v) is 6.88. The number of rotatable bonds is 10. The van der Waals surface area contributed by atoms with Gasteiger partial charge in [-0.15, -0.1) is 0 Å². The number of benzene rings is 2. The molecule has 0 saturated carbocycles. The number of likely N-dealkylation sites (tertiary alicyclic amines) is 1. The van der Waals surface area contributed by atoms with Crippen LogP contribution in [0.5, 0.6) is 5.75 Å². The highest BCUT2D eigenvalue weighted by Gasteiger charge is 2.21. The zero-order valence-corrected chi connectivity index (χ0v) is 21.3. The van der Waals surface area contributed by atoms with E-state index in [1.54, 1.807) is 12.4 Å². The van der Waals surface area contributed by atoms with Crippen LogP contribution < -0.4 is 10.6 Å². The van der Waals surface area contributed by atoms with Crippen molar-refractivity contribution >= 4 is 17.3 Å². The normalized spacial score (nSPS) is 14.6. The zero-order valence-electron chi connectivity index (χ0n) is 21.3. The maximum atomic E-state index is 12.8. The fraction of sp³-hybridized carbons (Fsp3) is 0.379. The average molecular weight is 488 g/mol. The number of nitrogens with zero attached hydrogens (tertiary/aromatic N) is 3. The van der Waals surface area contributed by atoms with Crippen LogP contribution in [0, 0.1) is 0 Å². The standard InChI is InChI=1S/C29H37N5O2/c1-3-33(4-2)21-24-19-22(5-10-28(24)35)20-34-17-13-27(14-18-34)32-29(36)23-6-8-25(9-7-23)31-26-11-15-30-16-12-26/h5-12,15-16,19,27,35H,3-4,13-14,17-18,20-21H2,1-2H3,(H,30,31)(H,32,36). The molecule has 3 N–H and O–H groups in total. The van der Waals surface area contributed by atoms with Gasteiger partial charge in [0.2, 0.25) is 0 Å². The molecule has 1 aliphatic rings. The van der Waals surface area contributed by atoms with Crippen molar-refractivity contribution in [1.82, 2.24) is 20.1 Å². The van der Waals surface area contributed by atoms with Crippen LogP contribution in [0.15, 0.2) is 67.0 Å². The predicted octanol–water partition coefficient (Wildman–Crippen LogP) is 4.77. The minimum absolute atomic E-state index is 0.0245. The summed E-state index contributed by atoms with van der Waals surface area (Å²) in [6.45, 7) is 9.71. The molecule has 7 heteroatoms. The van der Waals surface area contributed by atoms with Crippen LogP contribution in [0.25, 0.3) is 0 Å². The largest absolute Gasteiger partial charge is 0.508 e. The lowest BCUT2D eigenvalue weighted by molar-refractivity contribution is 0.0909. The molecule has 0 atom stereocenters. The number of hydrogen-bond acceptors (Lipinski definition) is 6. The van der Waals surface area contributed by atoms with Gasteiger partial charge in [-0.3, -0.25) is 19.6 Å². The van der Waals surface area contributed by atoms with Crippen LogP contribution in [-0.2, 0) is 13.1 Å². The van der Waals surface area contributed by atoms with Crippen molar-refractivity contribution in [3.8, 4) is 5.75 Å². The first-order chi connectivity index (χ1) is 17.5. The number of piperidine rings is 1. The highest BCUT2D eigenvalue weighted by atomic mass is 16.3. The SMILES string of the molecule is CCN(CC)Cc1cc(CN2CCC(NC(=O)c3ccc(Nc4ccncc4)cc3)CC2)ccc1O. The third kappa shape index (κ3) is 7.06. The third-order valence-electron chi connectivity index (χ3n) is 6.88. The quantitative estimate of drug-likeness (QED) is 0.382. The number of pyridine rings is 1. The van der Waals surface area contributed by atoms with Gasteiger partial charge < -0.3 is 15.7 Å². The molecule has 0 radical (unpaired) electrons. The second-order valence-electron chi connectivity index (χ2n) is 9.39. The van der Waals surface area contributed by atoms with Crippen molar-refractivity contribution in [3.05, 3.63) is 83.7 Å². The van der Waals surface area contributed by atoms with E-state index in [1.165, 1.54) is 5.56 Å². The highest BCUT2D eigenvalue weighted by molar-refractivity contribution is 5.94. The fourth-order valence-electron chi connectivity index (χ4n) is 4.62. The summed E-state index contributed by atoms with van der Waals surface area (Å²) in [6.07, 6.45) is 5.34. The van der Waals surface area contributed by atoms with E-state index in [0.29, 0.717) is 11.3 Å². The number of aromatic hydroxyl groups is 1. The van der Waals surface area contributed by atoms with Gasteiger partial charge in [0.25, 0.3) is 5.91 Å². The molecule has 1 saturated heterocycles. The summed E-state index contributed by atoms with van der Waals surface area (Å²) in [5.41, 5.74) is 4.77. The van der Waals surface area contributed by atoms with E-state index < -0.39 is 0 Å². The van der Waals surface area contributed by atoms with Crippen molar-refractivity contribution in [2.24, 2.45) is 0 Å². The predicted molar refractivity (Wildman–Crippen MR) is 144 cm³/mol. The number of phenolic OH excluding ortho intramolecular Hbond substituents is 1. The number of amides is 1. The van der Waals surface area contributed by atoms with Crippen molar-refractivity contribution in [2.75, 3.05) is 31.5 Å². The lowest BCUT2D eigenvalue weighted by Gasteiger charge is -2.32. The summed E-state index contributed by atoms with van der Waals surface area (Å²) in [6, 6.07) is 17.5. The van der Waals surface area contributed by atoms with Crippen LogP contribution in [-0.4, -0.2) is 58.0 Å². The van der Waals surface area contributed by atoms with Gasteiger partial charge in [0.1, 0.15) is 5.75 Å². The summed E-state index contributed by atoms with van der Waals surface area (Å²) < 4.78 is 0. The number of phenols is 1. The number of carbonyl (C=O) groups excluding carboxylic acids is 1. The maximum absolute atomic E-state index is 12.8. The highest BCUT2D eigenvalue weighted by Crippen LogP contribution is 2.23. The van der Waals surface area contributed by atoms with Crippen molar-refractivity contribution in [1.29, 1.82) is 0 Å². The lowest BCUT2D eigenvalue weighted by Crippen LogP contribution is -2.44. The van der Waals surface area contributed by atoms with Crippen LogP contribution in [0.1, 0.15) is 48.2 Å². The molecule has 190 valence electrons. The number of nitrogens with one attached hydrogen (secondary N) is 2. The van der Waals surface area contributed by atoms with E-state index >= 15 is 0 Å². The summed E-state index contributed by atoms with van der Waals surface area (Å²) in [5, 5.41) is 16.8. The van der Waals surface area contributed by atoms with Gasteiger partial charge in [0.15, 0.2) is 0 Å². The molecule has 36 heavy (non-hydrogen) atoms. The molecule has 1 aromatic heterocycles. The Hall–Kier alpha value is -3.42. The molecule has 4 rings (SSSR count). The lowest BCUT2D eigenvalue weighted by atomic mass is 10.0. The first-order valence-electron chi connectivity index (χ1n) is 12.9. The Bertz CT molecular complexity index is 1110. The van der Waals surface area contributed by atoms with Crippen LogP contribution in [0.4, 0.5) is 11.4 Å². The average Bonchev–Trinajstić information content (AvgIpc) is 2.91. The van der Waals surface area contributed by atoms with Crippen molar-refractivity contribution < 1.29 is 9.90 Å². The van der Waals surface area contributed by atoms with Crippen LogP contribution >= 0.6 is 0 Å². The van der Waals surface area contributed by atoms with Crippen molar-refractivity contribution in [2.45, 2.75) is 45.8 Å². The van der Waals surface area contributed by atoms with Gasteiger partial charge in [0.05, 0.1) is 0 Å². The Labute approximate surface area is 214 Å². The second kappa shape index (κ2) is 12.5. The Morgan fingerprint density at radius 2 is 1.67 bits per heavy atom. The molecule has 0 bridgehead atoms. The van der Waals surface area contributed by atoms with Crippen molar-refractivity contribution in [3.63, 3.8) is 0 Å². The first-order valence-corrected chi connectivity index (χ1v) is 12.9. The summed E-state index contributed by atoms with van der Waals surface area (Å²) in [4.78, 5) is 21.5. The Kier molecular flexibility index (Phi) is 8.92. The summed E-state index contributed by atoms with van der Waals surface area (Å²) >= 11 is 0. The molecule has 0 spiro atoms. The summed E-state index contributed by atoms with van der Waals surface area (Å²) in [7, 11) is 0. The van der Waals surface area contributed by atoms with E-state index in [4.69, 9.17) is 0 Å². The maximum Gasteiger partial charge on any atom is 0.251 e. The van der Waals surface area contributed by atoms with Crippen LogP contribution in [0.2, 0.25) is 0 Å². The van der Waals surface area contributed by atoms with Crippen LogP contribution in [0.3, 0.4) is 0 Å². The van der Waals surface area contributed by atoms with Gasteiger partial charge in [0, 0.05) is 67.1 Å². The minimum Gasteiger partial charge on any atom is -0.508 e.